The van der Waals surface area contributed by atoms with Crippen LogP contribution in [-0.4, -0.2) is 19.1 Å². The molecule has 0 saturated carbocycles. The number of hydrogen-bond acceptors (Lipinski definition) is 4. The molecule has 0 bridgehead atoms. The van der Waals surface area contributed by atoms with Crippen molar-refractivity contribution < 1.29 is 13.9 Å². The van der Waals surface area contributed by atoms with Crippen LogP contribution in [0.3, 0.4) is 0 Å². The molecule has 5 nitrogen and oxygen atoms in total. The molecule has 1 heterocycles. The summed E-state index contributed by atoms with van der Waals surface area (Å²) in [6.45, 7) is 0.768. The molecule has 0 radical (unpaired) electrons. The Bertz CT molecular complexity index is 509. The van der Waals surface area contributed by atoms with Crippen LogP contribution in [0, 0.1) is 0 Å². The topological polar surface area (TPSA) is 77.5 Å². The van der Waals surface area contributed by atoms with Gasteiger partial charge in [-0.3, -0.25) is 4.79 Å². The quantitative estimate of drug-likeness (QED) is 0.621. The lowest BCUT2D eigenvalue weighted by atomic mass is 10.3. The van der Waals surface area contributed by atoms with Crippen molar-refractivity contribution in [1.82, 2.24) is 5.32 Å². The minimum atomic E-state index is -0.254. The van der Waals surface area contributed by atoms with E-state index in [4.69, 9.17) is 14.9 Å². The van der Waals surface area contributed by atoms with Crippen molar-refractivity contribution in [2.24, 2.45) is 0 Å². The Morgan fingerprint density at radius 1 is 1.33 bits per heavy atom. The van der Waals surface area contributed by atoms with Gasteiger partial charge in [0.25, 0.3) is 5.91 Å². The summed E-state index contributed by atoms with van der Waals surface area (Å²) in [6.07, 6.45) is 1.46. The Labute approximate surface area is 105 Å². The predicted molar refractivity (Wildman–Crippen MR) is 67.4 cm³/mol. The third-order valence-corrected chi connectivity index (χ3v) is 2.26. The molecule has 0 spiro atoms. The molecule has 0 saturated heterocycles. The van der Waals surface area contributed by atoms with Crippen molar-refractivity contribution in [2.45, 2.75) is 0 Å². The molecule has 94 valence electrons. The monoisotopic (exact) mass is 246 g/mol. The first-order chi connectivity index (χ1) is 8.75. The highest BCUT2D eigenvalue weighted by atomic mass is 16.5. The van der Waals surface area contributed by atoms with E-state index in [2.05, 4.69) is 5.32 Å². The molecule has 0 unspecified atom stereocenters. The second-order valence-electron chi connectivity index (χ2n) is 3.65. The van der Waals surface area contributed by atoms with E-state index in [1.54, 1.807) is 24.3 Å². The molecule has 5 heteroatoms. The maximum Gasteiger partial charge on any atom is 0.287 e. The third-order valence-electron chi connectivity index (χ3n) is 2.26. The van der Waals surface area contributed by atoms with E-state index in [1.807, 2.05) is 12.1 Å². The average molecular weight is 246 g/mol. The standard InChI is InChI=1S/C13H14N2O3/c14-10-3-1-4-11(9-10)17-8-6-15-13(16)12-5-2-7-18-12/h1-5,7,9H,6,8,14H2,(H,15,16). The molecule has 1 aromatic heterocycles. The van der Waals surface area contributed by atoms with Gasteiger partial charge in [-0.2, -0.15) is 0 Å². The summed E-state index contributed by atoms with van der Waals surface area (Å²) in [6, 6.07) is 10.4. The number of furan rings is 1. The molecule has 0 aliphatic rings. The molecular weight excluding hydrogens is 232 g/mol. The number of benzene rings is 1. The molecule has 1 aromatic carbocycles. The Morgan fingerprint density at radius 3 is 2.94 bits per heavy atom. The summed E-state index contributed by atoms with van der Waals surface area (Å²) in [4.78, 5) is 11.5. The molecule has 2 aromatic rings. The van der Waals surface area contributed by atoms with Crippen LogP contribution in [0.15, 0.2) is 47.1 Å². The molecule has 0 fully saturated rings. The summed E-state index contributed by atoms with van der Waals surface area (Å²) in [5.41, 5.74) is 6.26. The summed E-state index contributed by atoms with van der Waals surface area (Å²) >= 11 is 0. The minimum Gasteiger partial charge on any atom is -0.492 e. The van der Waals surface area contributed by atoms with Gasteiger partial charge in [0.15, 0.2) is 5.76 Å². The van der Waals surface area contributed by atoms with Crippen molar-refractivity contribution in [3.05, 3.63) is 48.4 Å². The number of nitrogen functional groups attached to an aromatic ring is 1. The largest absolute Gasteiger partial charge is 0.492 e. The maximum absolute atomic E-state index is 11.5. The van der Waals surface area contributed by atoms with E-state index in [-0.39, 0.29) is 5.91 Å². The van der Waals surface area contributed by atoms with Crippen molar-refractivity contribution in [2.75, 3.05) is 18.9 Å². The summed E-state index contributed by atoms with van der Waals surface area (Å²) in [7, 11) is 0. The molecule has 0 aliphatic carbocycles. The van der Waals surface area contributed by atoms with Gasteiger partial charge in [0.1, 0.15) is 12.4 Å². The van der Waals surface area contributed by atoms with Crippen LogP contribution in [0.4, 0.5) is 5.69 Å². The molecule has 1 amide bonds. The van der Waals surface area contributed by atoms with Gasteiger partial charge < -0.3 is 20.2 Å². The van der Waals surface area contributed by atoms with Crippen LogP contribution >= 0.6 is 0 Å². The number of nitrogens with one attached hydrogen (secondary N) is 1. The summed E-state index contributed by atoms with van der Waals surface area (Å²) in [5, 5.41) is 2.68. The van der Waals surface area contributed by atoms with Gasteiger partial charge in [0.2, 0.25) is 0 Å². The Hall–Kier alpha value is -2.43. The lowest BCUT2D eigenvalue weighted by molar-refractivity contribution is 0.0919. The number of anilines is 1. The Kier molecular flexibility index (Phi) is 3.86. The van der Waals surface area contributed by atoms with Gasteiger partial charge in [0.05, 0.1) is 12.8 Å². The highest BCUT2D eigenvalue weighted by Crippen LogP contribution is 2.13. The van der Waals surface area contributed by atoms with Crippen LogP contribution in [0.5, 0.6) is 5.75 Å². The fraction of sp³-hybridized carbons (Fsp3) is 0.154. The second-order valence-corrected chi connectivity index (χ2v) is 3.65. The molecule has 0 atom stereocenters. The third kappa shape index (κ3) is 3.28. The van der Waals surface area contributed by atoms with E-state index in [9.17, 15) is 4.79 Å². The Balaban J connectivity index is 1.72. The lowest BCUT2D eigenvalue weighted by Crippen LogP contribution is -2.27. The molecule has 3 N–H and O–H groups in total. The van der Waals surface area contributed by atoms with Crippen LogP contribution in [0.25, 0.3) is 0 Å². The van der Waals surface area contributed by atoms with Gasteiger partial charge in [-0.05, 0) is 24.3 Å². The Morgan fingerprint density at radius 2 is 2.22 bits per heavy atom. The second kappa shape index (κ2) is 5.77. The zero-order valence-electron chi connectivity index (χ0n) is 9.76. The normalized spacial score (nSPS) is 10.0. The van der Waals surface area contributed by atoms with Gasteiger partial charge in [-0.25, -0.2) is 0 Å². The number of amides is 1. The van der Waals surface area contributed by atoms with Crippen LogP contribution < -0.4 is 15.8 Å². The number of ether oxygens (including phenoxy) is 1. The highest BCUT2D eigenvalue weighted by molar-refractivity contribution is 5.91. The van der Waals surface area contributed by atoms with Crippen molar-refractivity contribution in [1.29, 1.82) is 0 Å². The predicted octanol–water partition coefficient (Wildman–Crippen LogP) is 1.67. The molecular formula is C13H14N2O3. The number of nitrogens with two attached hydrogens (primary N) is 1. The minimum absolute atomic E-state index is 0.254. The maximum atomic E-state index is 11.5. The zero-order chi connectivity index (χ0) is 12.8. The number of hydrogen-bond donors (Lipinski definition) is 2. The van der Waals surface area contributed by atoms with E-state index in [1.165, 1.54) is 6.26 Å². The van der Waals surface area contributed by atoms with Crippen LogP contribution in [0.1, 0.15) is 10.6 Å². The zero-order valence-corrected chi connectivity index (χ0v) is 9.76. The van der Waals surface area contributed by atoms with Crippen LogP contribution in [0.2, 0.25) is 0 Å². The number of rotatable bonds is 5. The molecule has 0 aliphatic heterocycles. The van der Waals surface area contributed by atoms with Gasteiger partial charge in [0, 0.05) is 11.8 Å². The van der Waals surface area contributed by atoms with Crippen molar-refractivity contribution >= 4 is 11.6 Å². The fourth-order valence-corrected chi connectivity index (χ4v) is 1.43. The van der Waals surface area contributed by atoms with Gasteiger partial charge >= 0.3 is 0 Å². The first kappa shape index (κ1) is 12.0. The summed E-state index contributed by atoms with van der Waals surface area (Å²) in [5.74, 6) is 0.720. The smallest absolute Gasteiger partial charge is 0.287 e. The molecule has 2 rings (SSSR count). The van der Waals surface area contributed by atoms with E-state index in [0.717, 1.165) is 0 Å². The first-order valence-electron chi connectivity index (χ1n) is 5.56. The van der Waals surface area contributed by atoms with Crippen LogP contribution in [-0.2, 0) is 0 Å². The van der Waals surface area contributed by atoms with Gasteiger partial charge in [-0.1, -0.05) is 6.07 Å². The number of carbonyl (C=O) groups is 1. The SMILES string of the molecule is Nc1cccc(OCCNC(=O)c2ccco2)c1. The van der Waals surface area contributed by atoms with Gasteiger partial charge in [-0.15, -0.1) is 0 Å². The van der Waals surface area contributed by atoms with E-state index < -0.39 is 0 Å². The number of carbonyl (C=O) groups excluding carboxylic acids is 1. The summed E-state index contributed by atoms with van der Waals surface area (Å²) < 4.78 is 10.4. The van der Waals surface area contributed by atoms with Crippen molar-refractivity contribution in [3.63, 3.8) is 0 Å². The van der Waals surface area contributed by atoms with Crippen molar-refractivity contribution in [3.8, 4) is 5.75 Å². The first-order valence-corrected chi connectivity index (χ1v) is 5.56. The van der Waals surface area contributed by atoms with E-state index in [0.29, 0.717) is 30.3 Å². The van der Waals surface area contributed by atoms with E-state index >= 15 is 0 Å². The highest BCUT2D eigenvalue weighted by Gasteiger charge is 2.06. The fourth-order valence-electron chi connectivity index (χ4n) is 1.43. The molecule has 18 heavy (non-hydrogen) atoms. The average Bonchev–Trinajstić information content (AvgIpc) is 2.88. The lowest BCUT2D eigenvalue weighted by Gasteiger charge is -2.07.